The van der Waals surface area contributed by atoms with Crippen molar-refractivity contribution < 1.29 is 0 Å². The maximum Gasteiger partial charge on any atom is 0.160 e. The van der Waals surface area contributed by atoms with E-state index in [2.05, 4.69) is 401 Å². The van der Waals surface area contributed by atoms with Crippen molar-refractivity contribution in [1.82, 2.24) is 38.2 Å². The molecule has 0 atom stereocenters. The van der Waals surface area contributed by atoms with E-state index in [0.29, 0.717) is 11.6 Å². The first-order valence-corrected chi connectivity index (χ1v) is 35.9. The summed E-state index contributed by atoms with van der Waals surface area (Å²) in [6.45, 7) is 0. The second-order valence-corrected chi connectivity index (χ2v) is 26.9. The molecule has 15 aromatic carbocycles. The number of fused-ring (bicyclic) bond motifs is 12. The van der Waals surface area contributed by atoms with E-state index in [1.807, 2.05) is 6.07 Å². The predicted octanol–water partition coefficient (Wildman–Crippen LogP) is 25.0. The first-order chi connectivity index (χ1) is 52.6. The van der Waals surface area contributed by atoms with Crippen LogP contribution in [0, 0.1) is 0 Å². The van der Waals surface area contributed by atoms with E-state index in [1.165, 1.54) is 76.5 Å². The van der Waals surface area contributed by atoms with Gasteiger partial charge in [-0.15, -0.1) is 0 Å². The van der Waals surface area contributed by atoms with E-state index in [-0.39, 0.29) is 0 Å². The van der Waals surface area contributed by atoms with Gasteiger partial charge in [-0.2, -0.15) is 0 Å². The van der Waals surface area contributed by atoms with Crippen LogP contribution in [0.3, 0.4) is 0 Å². The molecule has 0 spiro atoms. The van der Waals surface area contributed by atoms with Crippen LogP contribution in [-0.2, 0) is 0 Å². The molecule has 0 amide bonds. The van der Waals surface area contributed by atoms with Crippen molar-refractivity contribution in [3.05, 3.63) is 389 Å². The Morgan fingerprint density at radius 2 is 0.557 bits per heavy atom. The fourth-order valence-electron chi connectivity index (χ4n) is 15.8. The monoisotopic (exact) mass is 1350 g/mol. The van der Waals surface area contributed by atoms with Gasteiger partial charge in [-0.25, -0.2) is 19.9 Å². The van der Waals surface area contributed by atoms with Crippen LogP contribution in [0.15, 0.2) is 389 Å². The molecule has 0 aliphatic carbocycles. The molecular formula is C98H64N8. The Labute approximate surface area is 611 Å². The Kier molecular flexibility index (Phi) is 15.0. The Bertz CT molecular complexity index is 6840. The van der Waals surface area contributed by atoms with Gasteiger partial charge < -0.3 is 18.3 Å². The summed E-state index contributed by atoms with van der Waals surface area (Å²) in [5.74, 6) is 1.40. The molecule has 0 unspecified atom stereocenters. The third-order valence-electron chi connectivity index (χ3n) is 20.7. The number of aromatic nitrogens is 8. The summed E-state index contributed by atoms with van der Waals surface area (Å²) >= 11 is 0. The molecule has 106 heavy (non-hydrogen) atoms. The maximum atomic E-state index is 5.36. The molecule has 0 N–H and O–H groups in total. The smallest absolute Gasteiger partial charge is 0.160 e. The van der Waals surface area contributed by atoms with Gasteiger partial charge >= 0.3 is 0 Å². The van der Waals surface area contributed by atoms with Crippen LogP contribution >= 0.6 is 0 Å². The fourth-order valence-corrected chi connectivity index (χ4v) is 15.8. The highest BCUT2D eigenvalue weighted by atomic mass is 15.0. The molecule has 0 radical (unpaired) electrons. The lowest BCUT2D eigenvalue weighted by Gasteiger charge is -2.14. The van der Waals surface area contributed by atoms with E-state index in [9.17, 15) is 0 Å². The lowest BCUT2D eigenvalue weighted by Crippen LogP contribution is -1.98. The number of rotatable bonds is 11. The second-order valence-electron chi connectivity index (χ2n) is 26.9. The molecule has 0 aliphatic heterocycles. The van der Waals surface area contributed by atoms with Crippen molar-refractivity contribution in [2.45, 2.75) is 0 Å². The minimum atomic E-state index is 0.696. The minimum absolute atomic E-state index is 0.696. The van der Waals surface area contributed by atoms with Crippen molar-refractivity contribution in [3.8, 4) is 101 Å². The van der Waals surface area contributed by atoms with Crippen molar-refractivity contribution >= 4 is 87.2 Å². The maximum absolute atomic E-state index is 5.36. The van der Waals surface area contributed by atoms with Gasteiger partial charge in [-0.1, -0.05) is 237 Å². The van der Waals surface area contributed by atoms with Crippen LogP contribution < -0.4 is 0 Å². The SMILES string of the molecule is c1ccc(-c2cc(-c3ccccc3)cc(-c3nc(-c4ccc(-n5c6ccccc6c6ccc7c(ccn7-c7ccccc7)c65)cc4)nc4ccccc34)c2)cc1.c1ccc(-c2ccccc2-c2nc(-c3ccc(-n4c5ccccc5c5ccc6c(ccn6-c6ccccc6)c54)cc3)nc3ccccc23)cc1. The van der Waals surface area contributed by atoms with E-state index in [4.69, 9.17) is 19.9 Å². The third-order valence-corrected chi connectivity index (χ3v) is 20.7. The first-order valence-electron chi connectivity index (χ1n) is 35.9. The quantitative estimate of drug-likeness (QED) is 0.129. The van der Waals surface area contributed by atoms with Gasteiger partial charge in [0.2, 0.25) is 0 Å². The van der Waals surface area contributed by atoms with E-state index in [1.54, 1.807) is 0 Å². The number of hydrogen-bond donors (Lipinski definition) is 0. The van der Waals surface area contributed by atoms with Gasteiger partial charge in [0.25, 0.3) is 0 Å². The van der Waals surface area contributed by atoms with E-state index in [0.717, 1.165) is 100 Å². The highest BCUT2D eigenvalue weighted by Crippen LogP contribution is 2.43. The summed E-state index contributed by atoms with van der Waals surface area (Å²) < 4.78 is 9.34. The van der Waals surface area contributed by atoms with Crippen molar-refractivity contribution in [3.63, 3.8) is 0 Å². The van der Waals surface area contributed by atoms with Crippen molar-refractivity contribution in [2.75, 3.05) is 0 Å². The highest BCUT2D eigenvalue weighted by Gasteiger charge is 2.22. The van der Waals surface area contributed by atoms with E-state index >= 15 is 0 Å². The minimum Gasteiger partial charge on any atom is -0.316 e. The molecule has 6 aromatic heterocycles. The molecule has 0 bridgehead atoms. The summed E-state index contributed by atoms with van der Waals surface area (Å²) in [7, 11) is 0. The number of para-hydroxylation sites is 6. The topological polar surface area (TPSA) is 71.3 Å². The molecule has 8 nitrogen and oxygen atoms in total. The molecule has 0 aliphatic rings. The summed E-state index contributed by atoms with van der Waals surface area (Å²) in [5, 5.41) is 9.42. The van der Waals surface area contributed by atoms with Crippen molar-refractivity contribution in [1.29, 1.82) is 0 Å². The first kappa shape index (κ1) is 61.5. The Balaban J connectivity index is 0.000000141. The third kappa shape index (κ3) is 10.7. The van der Waals surface area contributed by atoms with Gasteiger partial charge in [-0.05, 0) is 173 Å². The average Bonchev–Trinajstić information content (AvgIpc) is 1.50. The van der Waals surface area contributed by atoms with Crippen LogP contribution in [0.2, 0.25) is 0 Å². The molecule has 8 heteroatoms. The summed E-state index contributed by atoms with van der Waals surface area (Å²) in [4.78, 5) is 20.8. The average molecular weight is 1350 g/mol. The summed E-state index contributed by atoms with van der Waals surface area (Å²) in [6, 6.07) is 133. The normalized spacial score (nSPS) is 11.6. The predicted molar refractivity (Wildman–Crippen MR) is 439 cm³/mol. The van der Waals surface area contributed by atoms with Crippen LogP contribution in [0.5, 0.6) is 0 Å². The van der Waals surface area contributed by atoms with E-state index < -0.39 is 0 Å². The van der Waals surface area contributed by atoms with Crippen LogP contribution in [0.25, 0.3) is 189 Å². The van der Waals surface area contributed by atoms with Crippen LogP contribution in [0.1, 0.15) is 0 Å². The summed E-state index contributed by atoms with van der Waals surface area (Å²) in [5.41, 5.74) is 26.3. The number of nitrogens with zero attached hydrogens (tertiary/aromatic N) is 8. The zero-order valence-electron chi connectivity index (χ0n) is 57.5. The Hall–Kier alpha value is -14.3. The largest absolute Gasteiger partial charge is 0.316 e. The summed E-state index contributed by atoms with van der Waals surface area (Å²) in [6.07, 6.45) is 4.35. The van der Waals surface area contributed by atoms with Gasteiger partial charge in [0.15, 0.2) is 11.6 Å². The Morgan fingerprint density at radius 3 is 1.03 bits per heavy atom. The molecule has 0 saturated heterocycles. The lowest BCUT2D eigenvalue weighted by atomic mass is 9.94. The molecule has 6 heterocycles. The molecular weight excluding hydrogens is 1290 g/mol. The zero-order chi connectivity index (χ0) is 70.0. The Morgan fingerprint density at radius 1 is 0.189 bits per heavy atom. The van der Waals surface area contributed by atoms with Crippen LogP contribution in [0.4, 0.5) is 0 Å². The second kappa shape index (κ2) is 25.9. The highest BCUT2D eigenvalue weighted by molar-refractivity contribution is 6.20. The standard InChI is InChI=1S/C52H34N4.C46H30N4/c1-4-14-35(15-5-1)38-32-39(36-16-6-2-7-17-36)34-40(33-38)50-45-21-10-12-22-47(45)53-52(54-50)37-24-26-42(27-25-37)56-49-23-13-11-20-43(49)44-28-29-48-46(51(44)56)30-31-55(48)41-18-8-3-9-19-41;1-3-13-31(14-4-1)35-17-7-8-19-37(35)44-39-20-9-11-21-41(39)47-46(48-44)32-23-25-34(26-24-32)50-43-22-12-10-18-36(43)38-27-28-42-40(45(38)50)29-30-49(42)33-15-5-2-6-16-33/h1-34H;1-30H. The lowest BCUT2D eigenvalue weighted by molar-refractivity contribution is 1.13. The molecule has 21 aromatic rings. The molecule has 496 valence electrons. The van der Waals surface area contributed by atoms with Gasteiger partial charge in [0.05, 0.1) is 55.5 Å². The zero-order valence-corrected chi connectivity index (χ0v) is 57.5. The molecule has 0 saturated carbocycles. The van der Waals surface area contributed by atoms with Crippen molar-refractivity contribution in [2.24, 2.45) is 0 Å². The number of hydrogen-bond acceptors (Lipinski definition) is 4. The van der Waals surface area contributed by atoms with Gasteiger partial charge in [0.1, 0.15) is 0 Å². The van der Waals surface area contributed by atoms with Gasteiger partial charge in [-0.3, -0.25) is 0 Å². The fraction of sp³-hybridized carbons (Fsp3) is 0. The number of benzene rings is 15. The molecule has 0 fully saturated rings. The van der Waals surface area contributed by atoms with Crippen LogP contribution in [-0.4, -0.2) is 38.2 Å². The van der Waals surface area contributed by atoms with Gasteiger partial charge in [0, 0.05) is 100 Å². The molecule has 21 rings (SSSR count).